The van der Waals surface area contributed by atoms with Gasteiger partial charge in [0.05, 0.1) is 21.1 Å². The third-order valence-corrected chi connectivity index (χ3v) is 4.88. The number of hydrogen-bond donors (Lipinski definition) is 2. The van der Waals surface area contributed by atoms with E-state index < -0.39 is 0 Å². The van der Waals surface area contributed by atoms with E-state index in [0.29, 0.717) is 6.54 Å². The van der Waals surface area contributed by atoms with Crippen molar-refractivity contribution in [1.82, 2.24) is 9.97 Å². The quantitative estimate of drug-likeness (QED) is 0.897. The normalized spacial score (nSPS) is 18.0. The zero-order valence-corrected chi connectivity index (χ0v) is 10.9. The first-order chi connectivity index (χ1) is 8.23. The summed E-state index contributed by atoms with van der Waals surface area (Å²) >= 11 is 7.50. The van der Waals surface area contributed by atoms with Crippen LogP contribution in [0.4, 0.5) is 0 Å². The Bertz CT molecular complexity index is 522. The highest BCUT2D eigenvalue weighted by molar-refractivity contribution is 7.19. The number of nitrogens with zero attached hydrogens (tertiary/aromatic N) is 1. The van der Waals surface area contributed by atoms with E-state index in [-0.39, 0.29) is 5.41 Å². The number of aromatic amines is 1. The van der Waals surface area contributed by atoms with Crippen LogP contribution in [0.3, 0.4) is 0 Å². The van der Waals surface area contributed by atoms with Crippen LogP contribution in [0.15, 0.2) is 18.3 Å². The van der Waals surface area contributed by atoms with Crippen LogP contribution >= 0.6 is 22.9 Å². The molecule has 0 unspecified atom stereocenters. The van der Waals surface area contributed by atoms with Gasteiger partial charge in [-0.15, -0.1) is 11.3 Å². The van der Waals surface area contributed by atoms with E-state index in [1.165, 1.54) is 6.42 Å². The Morgan fingerprint density at radius 3 is 2.82 bits per heavy atom. The highest BCUT2D eigenvalue weighted by Gasteiger charge is 2.39. The number of nitrogens with one attached hydrogen (secondary N) is 1. The summed E-state index contributed by atoms with van der Waals surface area (Å²) in [7, 11) is 0. The minimum Gasteiger partial charge on any atom is -0.341 e. The minimum atomic E-state index is 0.0965. The molecule has 1 saturated carbocycles. The third kappa shape index (κ3) is 1.80. The van der Waals surface area contributed by atoms with Gasteiger partial charge < -0.3 is 10.7 Å². The molecule has 90 valence electrons. The molecule has 0 atom stereocenters. The maximum absolute atomic E-state index is 5.94. The van der Waals surface area contributed by atoms with Crippen molar-refractivity contribution in [3.05, 3.63) is 28.5 Å². The summed E-state index contributed by atoms with van der Waals surface area (Å²) < 4.78 is 0.799. The van der Waals surface area contributed by atoms with E-state index in [1.807, 2.05) is 18.3 Å². The highest BCUT2D eigenvalue weighted by atomic mass is 35.5. The Morgan fingerprint density at radius 1 is 1.47 bits per heavy atom. The molecule has 3 nitrogen and oxygen atoms in total. The van der Waals surface area contributed by atoms with Gasteiger partial charge in [0, 0.05) is 12.0 Å². The van der Waals surface area contributed by atoms with Gasteiger partial charge in [-0.25, -0.2) is 4.98 Å². The van der Waals surface area contributed by atoms with Gasteiger partial charge in [0.25, 0.3) is 0 Å². The predicted molar refractivity (Wildman–Crippen MR) is 71.5 cm³/mol. The average molecular weight is 268 g/mol. The lowest BCUT2D eigenvalue weighted by Gasteiger charge is -2.38. The van der Waals surface area contributed by atoms with Gasteiger partial charge >= 0.3 is 0 Å². The molecule has 1 fully saturated rings. The average Bonchev–Trinajstić information content (AvgIpc) is 2.86. The van der Waals surface area contributed by atoms with Gasteiger partial charge in [-0.2, -0.15) is 0 Å². The SMILES string of the molecule is NCC1(c2ncc(-c3ccc(Cl)s3)[nH]2)CCC1. The summed E-state index contributed by atoms with van der Waals surface area (Å²) in [5.41, 5.74) is 7.01. The fraction of sp³-hybridized carbons (Fsp3) is 0.417. The molecular formula is C12H14ClN3S. The highest BCUT2D eigenvalue weighted by Crippen LogP contribution is 2.42. The van der Waals surface area contributed by atoms with E-state index in [9.17, 15) is 0 Å². The van der Waals surface area contributed by atoms with Crippen LogP contribution in [0.1, 0.15) is 25.1 Å². The topological polar surface area (TPSA) is 54.7 Å². The van der Waals surface area contributed by atoms with Crippen LogP contribution in [0.5, 0.6) is 0 Å². The molecule has 0 radical (unpaired) electrons. The number of hydrogen-bond acceptors (Lipinski definition) is 3. The number of nitrogens with two attached hydrogens (primary N) is 1. The maximum atomic E-state index is 5.94. The zero-order valence-electron chi connectivity index (χ0n) is 9.37. The molecule has 0 amide bonds. The second-order valence-corrected chi connectivity index (χ2v) is 6.30. The van der Waals surface area contributed by atoms with Crippen LogP contribution in [-0.4, -0.2) is 16.5 Å². The first-order valence-corrected chi connectivity index (χ1v) is 6.94. The van der Waals surface area contributed by atoms with Crippen molar-refractivity contribution in [2.75, 3.05) is 6.54 Å². The van der Waals surface area contributed by atoms with Gasteiger partial charge in [-0.05, 0) is 25.0 Å². The Labute approximate surface area is 109 Å². The zero-order chi connectivity index (χ0) is 11.9. The lowest BCUT2D eigenvalue weighted by Crippen LogP contribution is -2.42. The van der Waals surface area contributed by atoms with Crippen molar-refractivity contribution in [3.63, 3.8) is 0 Å². The summed E-state index contributed by atoms with van der Waals surface area (Å²) in [6.07, 6.45) is 5.41. The van der Waals surface area contributed by atoms with Gasteiger partial charge in [-0.1, -0.05) is 18.0 Å². The van der Waals surface area contributed by atoms with Crippen molar-refractivity contribution < 1.29 is 0 Å². The number of thiophene rings is 1. The number of rotatable bonds is 3. The summed E-state index contributed by atoms with van der Waals surface area (Å²) in [5, 5.41) is 0. The number of H-pyrrole nitrogens is 1. The number of halogens is 1. The molecule has 2 aromatic heterocycles. The van der Waals surface area contributed by atoms with Crippen LogP contribution in [-0.2, 0) is 5.41 Å². The van der Waals surface area contributed by atoms with Crippen LogP contribution in [0, 0.1) is 0 Å². The van der Waals surface area contributed by atoms with Crippen LogP contribution in [0.25, 0.3) is 10.6 Å². The minimum absolute atomic E-state index is 0.0965. The third-order valence-electron chi connectivity index (χ3n) is 3.62. The standard InChI is InChI=1S/C12H14ClN3S/c13-10-3-2-9(17-10)8-6-15-11(16-8)12(7-14)4-1-5-12/h2-3,6H,1,4-5,7,14H2,(H,15,16). The molecule has 0 spiro atoms. The molecule has 5 heteroatoms. The Morgan fingerprint density at radius 2 is 2.29 bits per heavy atom. The van der Waals surface area contributed by atoms with E-state index in [1.54, 1.807) is 11.3 Å². The smallest absolute Gasteiger partial charge is 0.114 e. The van der Waals surface area contributed by atoms with Crippen molar-refractivity contribution in [3.8, 4) is 10.6 Å². The Hall–Kier alpha value is -0.840. The molecule has 2 heterocycles. The van der Waals surface area contributed by atoms with Crippen molar-refractivity contribution in [2.24, 2.45) is 5.73 Å². The first-order valence-electron chi connectivity index (χ1n) is 5.75. The fourth-order valence-electron chi connectivity index (χ4n) is 2.32. The van der Waals surface area contributed by atoms with Crippen LogP contribution < -0.4 is 5.73 Å². The van der Waals surface area contributed by atoms with Gasteiger partial charge in [0.15, 0.2) is 0 Å². The molecule has 1 aliphatic carbocycles. The second kappa shape index (κ2) is 4.12. The summed E-state index contributed by atoms with van der Waals surface area (Å²) in [4.78, 5) is 9.02. The molecule has 0 bridgehead atoms. The first kappa shape index (κ1) is 11.3. The van der Waals surface area contributed by atoms with Crippen molar-refractivity contribution >= 4 is 22.9 Å². The Kier molecular flexibility index (Phi) is 2.73. The summed E-state index contributed by atoms with van der Waals surface area (Å²) in [6.45, 7) is 0.672. The van der Waals surface area contributed by atoms with Crippen molar-refractivity contribution in [2.45, 2.75) is 24.7 Å². The Balaban J connectivity index is 1.92. The van der Waals surface area contributed by atoms with Gasteiger partial charge in [0.2, 0.25) is 0 Å². The molecule has 0 aromatic carbocycles. The monoisotopic (exact) mass is 267 g/mol. The molecule has 2 aromatic rings. The number of imidazole rings is 1. The largest absolute Gasteiger partial charge is 0.341 e. The molecule has 3 N–H and O–H groups in total. The van der Waals surface area contributed by atoms with Gasteiger partial charge in [-0.3, -0.25) is 0 Å². The lowest BCUT2D eigenvalue weighted by molar-refractivity contribution is 0.240. The van der Waals surface area contributed by atoms with Crippen LogP contribution in [0.2, 0.25) is 4.34 Å². The molecule has 3 rings (SSSR count). The van der Waals surface area contributed by atoms with Crippen molar-refractivity contribution in [1.29, 1.82) is 0 Å². The van der Waals surface area contributed by atoms with E-state index in [4.69, 9.17) is 17.3 Å². The maximum Gasteiger partial charge on any atom is 0.114 e. The molecule has 1 aliphatic rings. The second-order valence-electron chi connectivity index (χ2n) is 4.59. The fourth-order valence-corrected chi connectivity index (χ4v) is 3.32. The molecule has 17 heavy (non-hydrogen) atoms. The lowest BCUT2D eigenvalue weighted by atomic mass is 9.68. The van der Waals surface area contributed by atoms with E-state index in [2.05, 4.69) is 9.97 Å². The predicted octanol–water partition coefficient (Wildman–Crippen LogP) is 3.17. The van der Waals surface area contributed by atoms with E-state index in [0.717, 1.165) is 33.6 Å². The summed E-state index contributed by atoms with van der Waals surface area (Å²) in [6, 6.07) is 3.92. The molecular weight excluding hydrogens is 254 g/mol. The molecule has 0 saturated heterocycles. The van der Waals surface area contributed by atoms with Gasteiger partial charge in [0.1, 0.15) is 5.82 Å². The summed E-state index contributed by atoms with van der Waals surface area (Å²) in [5.74, 6) is 1.03. The number of aromatic nitrogens is 2. The molecule has 0 aliphatic heterocycles. The van der Waals surface area contributed by atoms with E-state index >= 15 is 0 Å².